The van der Waals surface area contributed by atoms with Gasteiger partial charge < -0.3 is 15.6 Å². The molecule has 0 fully saturated rings. The molecule has 0 spiro atoms. The first-order valence-corrected chi connectivity index (χ1v) is 6.04. The monoisotopic (exact) mass is 256 g/mol. The molecule has 1 atom stereocenters. The summed E-state index contributed by atoms with van der Waals surface area (Å²) < 4.78 is 0. The SMILES string of the molecule is CC(C#N)CN(C)C(=O)c1c[nH]c2ccc(N)cc12. The van der Waals surface area contributed by atoms with Gasteiger partial charge in [-0.2, -0.15) is 5.26 Å². The lowest BCUT2D eigenvalue weighted by molar-refractivity contribution is 0.0787. The molecule has 1 unspecified atom stereocenters. The van der Waals surface area contributed by atoms with Crippen LogP contribution in [0.1, 0.15) is 17.3 Å². The third kappa shape index (κ3) is 2.52. The minimum atomic E-state index is -0.191. The van der Waals surface area contributed by atoms with Crippen LogP contribution in [-0.4, -0.2) is 29.4 Å². The summed E-state index contributed by atoms with van der Waals surface area (Å²) in [5, 5.41) is 9.60. The molecule has 2 aromatic rings. The first-order valence-electron chi connectivity index (χ1n) is 6.04. The summed E-state index contributed by atoms with van der Waals surface area (Å²) in [6.45, 7) is 2.20. The third-order valence-corrected chi connectivity index (χ3v) is 3.05. The van der Waals surface area contributed by atoms with Crippen molar-refractivity contribution in [2.75, 3.05) is 19.3 Å². The van der Waals surface area contributed by atoms with Crippen LogP contribution in [-0.2, 0) is 0 Å². The molecule has 5 nitrogen and oxygen atoms in total. The van der Waals surface area contributed by atoms with Crippen LogP contribution in [0, 0.1) is 17.2 Å². The first-order chi connectivity index (χ1) is 9.02. The van der Waals surface area contributed by atoms with Crippen molar-refractivity contribution >= 4 is 22.5 Å². The van der Waals surface area contributed by atoms with Gasteiger partial charge in [0.25, 0.3) is 5.91 Å². The maximum Gasteiger partial charge on any atom is 0.255 e. The van der Waals surface area contributed by atoms with E-state index in [1.165, 1.54) is 0 Å². The Labute approximate surface area is 111 Å². The molecular formula is C14H16N4O. The van der Waals surface area contributed by atoms with Crippen molar-refractivity contribution in [1.82, 2.24) is 9.88 Å². The standard InChI is InChI=1S/C14H16N4O/c1-9(6-15)8-18(2)14(19)12-7-17-13-4-3-10(16)5-11(12)13/h3-5,7,9,17H,8,16H2,1-2H3. The predicted molar refractivity (Wildman–Crippen MR) is 74.4 cm³/mol. The number of H-pyrrole nitrogens is 1. The lowest BCUT2D eigenvalue weighted by Gasteiger charge is -2.17. The molecule has 0 aliphatic heterocycles. The molecule has 0 bridgehead atoms. The Bertz CT molecular complexity index is 653. The maximum atomic E-state index is 12.3. The van der Waals surface area contributed by atoms with Gasteiger partial charge in [-0.3, -0.25) is 4.79 Å². The second kappa shape index (κ2) is 5.02. The average Bonchev–Trinajstić information content (AvgIpc) is 2.80. The number of carbonyl (C=O) groups is 1. The molecule has 1 heterocycles. The van der Waals surface area contributed by atoms with Gasteiger partial charge in [0.2, 0.25) is 0 Å². The molecule has 1 aromatic carbocycles. The summed E-state index contributed by atoms with van der Waals surface area (Å²) >= 11 is 0. The number of nitrogens with zero attached hydrogens (tertiary/aromatic N) is 2. The second-order valence-corrected chi connectivity index (χ2v) is 4.72. The van der Waals surface area contributed by atoms with Gasteiger partial charge in [0, 0.05) is 36.4 Å². The van der Waals surface area contributed by atoms with Crippen LogP contribution >= 0.6 is 0 Å². The van der Waals surface area contributed by atoms with Crippen molar-refractivity contribution in [3.8, 4) is 6.07 Å². The smallest absolute Gasteiger partial charge is 0.255 e. The topological polar surface area (TPSA) is 85.9 Å². The summed E-state index contributed by atoms with van der Waals surface area (Å²) in [5.41, 5.74) is 7.82. The van der Waals surface area contributed by atoms with Crippen molar-refractivity contribution in [3.05, 3.63) is 30.0 Å². The summed E-state index contributed by atoms with van der Waals surface area (Å²) in [6.07, 6.45) is 1.68. The Hall–Kier alpha value is -2.48. The highest BCUT2D eigenvalue weighted by Gasteiger charge is 2.17. The Morgan fingerprint density at radius 1 is 1.58 bits per heavy atom. The number of rotatable bonds is 3. The molecular weight excluding hydrogens is 240 g/mol. The van der Waals surface area contributed by atoms with Crippen molar-refractivity contribution in [2.45, 2.75) is 6.92 Å². The minimum absolute atomic E-state index is 0.112. The number of fused-ring (bicyclic) bond motifs is 1. The Morgan fingerprint density at radius 2 is 2.32 bits per heavy atom. The number of hydrogen-bond acceptors (Lipinski definition) is 3. The first kappa shape index (κ1) is 13.0. The number of hydrogen-bond donors (Lipinski definition) is 2. The van der Waals surface area contributed by atoms with Gasteiger partial charge in [-0.15, -0.1) is 0 Å². The van der Waals surface area contributed by atoms with Gasteiger partial charge in [-0.05, 0) is 25.1 Å². The quantitative estimate of drug-likeness (QED) is 0.823. The maximum absolute atomic E-state index is 12.3. The highest BCUT2D eigenvalue weighted by atomic mass is 16.2. The molecule has 0 saturated heterocycles. The Morgan fingerprint density at radius 3 is 3.00 bits per heavy atom. The fourth-order valence-electron chi connectivity index (χ4n) is 2.06. The summed E-state index contributed by atoms with van der Waals surface area (Å²) in [6, 6.07) is 7.53. The van der Waals surface area contributed by atoms with Crippen LogP contribution in [0.25, 0.3) is 10.9 Å². The summed E-state index contributed by atoms with van der Waals surface area (Å²) in [4.78, 5) is 16.9. The molecule has 5 heteroatoms. The molecule has 1 amide bonds. The zero-order valence-electron chi connectivity index (χ0n) is 11.0. The normalized spacial score (nSPS) is 12.1. The minimum Gasteiger partial charge on any atom is -0.399 e. The van der Waals surface area contributed by atoms with Gasteiger partial charge in [-0.25, -0.2) is 0 Å². The van der Waals surface area contributed by atoms with E-state index in [1.807, 2.05) is 6.07 Å². The number of carbonyl (C=O) groups excluding carboxylic acids is 1. The van der Waals surface area contributed by atoms with Gasteiger partial charge >= 0.3 is 0 Å². The number of nitrogens with two attached hydrogens (primary N) is 1. The lowest BCUT2D eigenvalue weighted by Crippen LogP contribution is -2.30. The largest absolute Gasteiger partial charge is 0.399 e. The molecule has 0 aliphatic carbocycles. The van der Waals surface area contributed by atoms with E-state index in [1.54, 1.807) is 37.2 Å². The highest BCUT2D eigenvalue weighted by molar-refractivity contribution is 6.07. The molecule has 3 N–H and O–H groups in total. The van der Waals surface area contributed by atoms with Gasteiger partial charge in [-0.1, -0.05) is 0 Å². The van der Waals surface area contributed by atoms with Crippen molar-refractivity contribution in [1.29, 1.82) is 5.26 Å². The van der Waals surface area contributed by atoms with E-state index in [0.29, 0.717) is 17.8 Å². The van der Waals surface area contributed by atoms with E-state index in [2.05, 4.69) is 11.1 Å². The number of nitriles is 1. The summed E-state index contributed by atoms with van der Waals surface area (Å²) in [7, 11) is 1.70. The average molecular weight is 256 g/mol. The van der Waals surface area contributed by atoms with Gasteiger partial charge in [0.1, 0.15) is 0 Å². The van der Waals surface area contributed by atoms with Crippen LogP contribution in [0.2, 0.25) is 0 Å². The van der Waals surface area contributed by atoms with Crippen LogP contribution < -0.4 is 5.73 Å². The van der Waals surface area contributed by atoms with Crippen LogP contribution in [0.15, 0.2) is 24.4 Å². The van der Waals surface area contributed by atoms with Crippen LogP contribution in [0.4, 0.5) is 5.69 Å². The van der Waals surface area contributed by atoms with Crippen LogP contribution in [0.5, 0.6) is 0 Å². The van der Waals surface area contributed by atoms with Gasteiger partial charge in [0.05, 0.1) is 17.6 Å². The number of aromatic nitrogens is 1. The summed E-state index contributed by atoms with van der Waals surface area (Å²) in [5.74, 6) is -0.303. The fourth-order valence-corrected chi connectivity index (χ4v) is 2.06. The highest BCUT2D eigenvalue weighted by Crippen LogP contribution is 2.22. The van der Waals surface area contributed by atoms with Crippen molar-refractivity contribution in [3.63, 3.8) is 0 Å². The lowest BCUT2D eigenvalue weighted by atomic mass is 10.1. The molecule has 0 aliphatic rings. The molecule has 19 heavy (non-hydrogen) atoms. The molecule has 0 radical (unpaired) electrons. The molecule has 1 aromatic heterocycles. The zero-order valence-corrected chi connectivity index (χ0v) is 11.0. The van der Waals surface area contributed by atoms with Crippen molar-refractivity contribution in [2.24, 2.45) is 5.92 Å². The Balaban J connectivity index is 2.31. The third-order valence-electron chi connectivity index (χ3n) is 3.05. The Kier molecular flexibility index (Phi) is 3.43. The number of nitrogen functional groups attached to an aromatic ring is 1. The van der Waals surface area contributed by atoms with E-state index < -0.39 is 0 Å². The molecule has 2 rings (SSSR count). The van der Waals surface area contributed by atoms with Crippen LogP contribution in [0.3, 0.4) is 0 Å². The number of aromatic amines is 1. The number of benzene rings is 1. The number of amides is 1. The predicted octanol–water partition coefficient (Wildman–Crippen LogP) is 1.98. The zero-order chi connectivity index (χ0) is 14.0. The second-order valence-electron chi connectivity index (χ2n) is 4.72. The van der Waals surface area contributed by atoms with E-state index in [0.717, 1.165) is 10.9 Å². The van der Waals surface area contributed by atoms with E-state index in [-0.39, 0.29) is 11.8 Å². The number of anilines is 1. The van der Waals surface area contributed by atoms with Gasteiger partial charge in [0.15, 0.2) is 0 Å². The van der Waals surface area contributed by atoms with E-state index >= 15 is 0 Å². The van der Waals surface area contributed by atoms with E-state index in [9.17, 15) is 4.79 Å². The fraction of sp³-hybridized carbons (Fsp3) is 0.286. The van der Waals surface area contributed by atoms with Crippen molar-refractivity contribution < 1.29 is 4.79 Å². The molecule has 98 valence electrons. The molecule has 0 saturated carbocycles. The van der Waals surface area contributed by atoms with E-state index in [4.69, 9.17) is 11.0 Å². The number of nitrogens with one attached hydrogen (secondary N) is 1.